The van der Waals surface area contributed by atoms with Gasteiger partial charge in [-0.25, -0.2) is 0 Å². The van der Waals surface area contributed by atoms with Crippen molar-refractivity contribution >= 4 is 17.4 Å². The molecule has 0 aliphatic rings. The maximum Gasteiger partial charge on any atom is 0.314 e. The van der Waals surface area contributed by atoms with Gasteiger partial charge in [-0.05, 0) is 13.0 Å². The summed E-state index contributed by atoms with van der Waals surface area (Å²) in [5.41, 5.74) is 1.69. The molecule has 0 saturated heterocycles. The second kappa shape index (κ2) is 5.59. The third-order valence-electron chi connectivity index (χ3n) is 1.75. The van der Waals surface area contributed by atoms with E-state index < -0.39 is 10.8 Å². The quantitative estimate of drug-likeness (QED) is 0.468. The van der Waals surface area contributed by atoms with E-state index in [1.807, 2.05) is 5.48 Å². The molecule has 1 aromatic rings. The Balaban J connectivity index is 2.66. The van der Waals surface area contributed by atoms with Gasteiger partial charge in [0.15, 0.2) is 0 Å². The van der Waals surface area contributed by atoms with Gasteiger partial charge in [0.05, 0.1) is 11.3 Å². The first-order chi connectivity index (χ1) is 8.00. The summed E-state index contributed by atoms with van der Waals surface area (Å²) in [6.45, 7) is 1.25. The van der Waals surface area contributed by atoms with Crippen LogP contribution in [0.2, 0.25) is 0 Å². The summed E-state index contributed by atoms with van der Waals surface area (Å²) in [6, 6.07) is 5.58. The van der Waals surface area contributed by atoms with Gasteiger partial charge in [-0.15, -0.1) is 0 Å². The summed E-state index contributed by atoms with van der Waals surface area (Å²) in [4.78, 5) is 36.4. The molecule has 90 valence electrons. The van der Waals surface area contributed by atoms with Crippen LogP contribution in [0.25, 0.3) is 0 Å². The van der Waals surface area contributed by atoms with Crippen molar-refractivity contribution in [1.82, 2.24) is 5.48 Å². The number of nitrogens with one attached hydrogen (secondary N) is 1. The van der Waals surface area contributed by atoms with Crippen LogP contribution in [0.5, 0.6) is 5.75 Å². The third kappa shape index (κ3) is 3.90. The molecule has 0 aliphatic carbocycles. The van der Waals surface area contributed by atoms with Crippen LogP contribution in [0.1, 0.15) is 13.3 Å². The first kappa shape index (κ1) is 12.6. The highest BCUT2D eigenvalue weighted by Gasteiger charge is 2.15. The number of carbonyl (C=O) groups excluding carboxylic acids is 2. The lowest BCUT2D eigenvalue weighted by molar-refractivity contribution is -0.386. The van der Waals surface area contributed by atoms with Crippen LogP contribution in [0.3, 0.4) is 0 Å². The lowest BCUT2D eigenvalue weighted by Gasteiger charge is -2.05. The van der Waals surface area contributed by atoms with Crippen molar-refractivity contribution in [2.75, 3.05) is 0 Å². The second-order valence-corrected chi connectivity index (χ2v) is 3.23. The normalized spacial score (nSPS) is 9.47. The zero-order chi connectivity index (χ0) is 12.8. The number of para-hydroxylation sites is 2. The van der Waals surface area contributed by atoms with Gasteiger partial charge in [0.1, 0.15) is 5.78 Å². The number of carbonyl (C=O) groups is 2. The summed E-state index contributed by atoms with van der Waals surface area (Å²) >= 11 is 0. The summed E-state index contributed by atoms with van der Waals surface area (Å²) in [6.07, 6.45) is -0.333. The van der Waals surface area contributed by atoms with Gasteiger partial charge in [-0.1, -0.05) is 12.1 Å². The molecule has 0 aromatic heterocycles. The monoisotopic (exact) mass is 238 g/mol. The number of ketones is 1. The minimum atomic E-state index is -0.657. The summed E-state index contributed by atoms with van der Waals surface area (Å²) in [5.74, 6) is -1.07. The molecule has 0 spiro atoms. The molecule has 0 heterocycles. The lowest BCUT2D eigenvalue weighted by atomic mass is 10.3. The molecule has 1 rings (SSSR count). The molecule has 1 N–H and O–H groups in total. The summed E-state index contributed by atoms with van der Waals surface area (Å²) in [7, 11) is 0. The van der Waals surface area contributed by atoms with Gasteiger partial charge in [-0.2, -0.15) is 5.48 Å². The lowest BCUT2D eigenvalue weighted by Crippen LogP contribution is -2.28. The van der Waals surface area contributed by atoms with Gasteiger partial charge in [0.25, 0.3) is 5.91 Å². The highest BCUT2D eigenvalue weighted by molar-refractivity contribution is 5.96. The molecule has 0 bridgehead atoms. The number of hydrogen-bond donors (Lipinski definition) is 1. The molecule has 7 nitrogen and oxygen atoms in total. The molecule has 1 aromatic carbocycles. The highest BCUT2D eigenvalue weighted by atomic mass is 16.7. The fourth-order valence-corrected chi connectivity index (χ4v) is 1.07. The van der Waals surface area contributed by atoms with E-state index in [-0.39, 0.29) is 23.6 Å². The van der Waals surface area contributed by atoms with Crippen molar-refractivity contribution in [3.8, 4) is 5.75 Å². The molecule has 0 radical (unpaired) electrons. The fourth-order valence-electron chi connectivity index (χ4n) is 1.07. The van der Waals surface area contributed by atoms with Gasteiger partial charge in [0, 0.05) is 6.07 Å². The number of nitro benzene ring substituents is 1. The van der Waals surface area contributed by atoms with E-state index in [1.165, 1.54) is 31.2 Å². The predicted molar refractivity (Wildman–Crippen MR) is 57.2 cm³/mol. The molecule has 7 heteroatoms. The number of amides is 1. The van der Waals surface area contributed by atoms with Crippen molar-refractivity contribution in [2.45, 2.75) is 13.3 Å². The summed E-state index contributed by atoms with van der Waals surface area (Å²) in [5, 5.41) is 10.6. The van der Waals surface area contributed by atoms with Gasteiger partial charge < -0.3 is 4.84 Å². The standard InChI is InChI=1S/C10H10N2O5/c1-7(13)6-10(14)11-17-9-5-3-2-4-8(9)12(15)16/h2-5H,6H2,1H3,(H,11,14). The van der Waals surface area contributed by atoms with Crippen LogP contribution < -0.4 is 10.3 Å². The van der Waals surface area contributed by atoms with E-state index >= 15 is 0 Å². The number of nitro groups is 1. The first-order valence-electron chi connectivity index (χ1n) is 4.69. The molecular formula is C10H10N2O5. The van der Waals surface area contributed by atoms with E-state index in [9.17, 15) is 19.7 Å². The van der Waals surface area contributed by atoms with Crippen molar-refractivity contribution in [1.29, 1.82) is 0 Å². The maximum atomic E-state index is 11.1. The van der Waals surface area contributed by atoms with Crippen LogP contribution in [-0.2, 0) is 9.59 Å². The van der Waals surface area contributed by atoms with E-state index in [0.29, 0.717) is 0 Å². The zero-order valence-corrected chi connectivity index (χ0v) is 9.00. The van der Waals surface area contributed by atoms with E-state index in [1.54, 1.807) is 0 Å². The second-order valence-electron chi connectivity index (χ2n) is 3.23. The number of benzene rings is 1. The smallest absolute Gasteiger partial charge is 0.314 e. The average Bonchev–Trinajstić information content (AvgIpc) is 2.25. The van der Waals surface area contributed by atoms with Crippen molar-refractivity contribution in [3.05, 3.63) is 34.4 Å². The van der Waals surface area contributed by atoms with Gasteiger partial charge in [0.2, 0.25) is 5.75 Å². The Morgan fingerprint density at radius 2 is 2.06 bits per heavy atom. The topological polar surface area (TPSA) is 98.5 Å². The first-order valence-corrected chi connectivity index (χ1v) is 4.69. The van der Waals surface area contributed by atoms with Crippen LogP contribution in [0.4, 0.5) is 5.69 Å². The number of hydrogen-bond acceptors (Lipinski definition) is 5. The minimum Gasteiger partial charge on any atom is -0.372 e. The number of nitrogens with zero attached hydrogens (tertiary/aromatic N) is 1. The van der Waals surface area contributed by atoms with E-state index in [0.717, 1.165) is 0 Å². The third-order valence-corrected chi connectivity index (χ3v) is 1.75. The van der Waals surface area contributed by atoms with Crippen LogP contribution in [0.15, 0.2) is 24.3 Å². The molecule has 0 aliphatic heterocycles. The molecule has 0 fully saturated rings. The Labute approximate surface area is 96.5 Å². The molecule has 0 unspecified atom stereocenters. The highest BCUT2D eigenvalue weighted by Crippen LogP contribution is 2.24. The summed E-state index contributed by atoms with van der Waals surface area (Å²) < 4.78 is 0. The van der Waals surface area contributed by atoms with E-state index in [2.05, 4.69) is 0 Å². The Bertz CT molecular complexity index is 458. The van der Waals surface area contributed by atoms with Crippen molar-refractivity contribution in [2.24, 2.45) is 0 Å². The molecule has 0 atom stereocenters. The number of Topliss-reactive ketones (excluding diaryl/α,β-unsaturated/α-hetero) is 1. The maximum absolute atomic E-state index is 11.1. The molecule has 0 saturated carbocycles. The molecule has 17 heavy (non-hydrogen) atoms. The predicted octanol–water partition coefficient (Wildman–Crippen LogP) is 0.984. The zero-order valence-electron chi connectivity index (χ0n) is 9.00. The largest absolute Gasteiger partial charge is 0.372 e. The Morgan fingerprint density at radius 1 is 1.41 bits per heavy atom. The van der Waals surface area contributed by atoms with Crippen molar-refractivity contribution in [3.63, 3.8) is 0 Å². The molecule has 1 amide bonds. The van der Waals surface area contributed by atoms with E-state index in [4.69, 9.17) is 4.84 Å². The van der Waals surface area contributed by atoms with Crippen LogP contribution >= 0.6 is 0 Å². The Kier molecular flexibility index (Phi) is 4.15. The van der Waals surface area contributed by atoms with Crippen LogP contribution in [-0.4, -0.2) is 16.6 Å². The SMILES string of the molecule is CC(=O)CC(=O)NOc1ccccc1[N+](=O)[O-]. The Morgan fingerprint density at radius 3 is 2.65 bits per heavy atom. The van der Waals surface area contributed by atoms with Gasteiger partial charge >= 0.3 is 5.69 Å². The minimum absolute atomic E-state index is 0.0885. The number of rotatable bonds is 5. The van der Waals surface area contributed by atoms with Crippen molar-refractivity contribution < 1.29 is 19.3 Å². The van der Waals surface area contributed by atoms with Crippen LogP contribution in [0, 0.1) is 10.1 Å². The fraction of sp³-hybridized carbons (Fsp3) is 0.200. The van der Waals surface area contributed by atoms with Gasteiger partial charge in [-0.3, -0.25) is 19.7 Å². The number of hydroxylamine groups is 1. The Hall–Kier alpha value is -2.44. The molecular weight excluding hydrogens is 228 g/mol. The average molecular weight is 238 g/mol.